The third kappa shape index (κ3) is 5.31. The van der Waals surface area contributed by atoms with E-state index in [1.165, 1.54) is 17.7 Å². The summed E-state index contributed by atoms with van der Waals surface area (Å²) in [6.45, 7) is 5.33. The van der Waals surface area contributed by atoms with Crippen molar-refractivity contribution in [3.05, 3.63) is 94.5 Å². The van der Waals surface area contributed by atoms with Gasteiger partial charge >= 0.3 is 0 Å². The molecule has 5 nitrogen and oxygen atoms in total. The normalized spacial score (nSPS) is 12.2. The number of nitrogens with one attached hydrogen (secondary N) is 1. The fraction of sp³-hybridized carbons (Fsp3) is 0.240. The van der Waals surface area contributed by atoms with Crippen molar-refractivity contribution in [2.24, 2.45) is 0 Å². The van der Waals surface area contributed by atoms with Crippen molar-refractivity contribution in [1.29, 1.82) is 0 Å². The first kappa shape index (κ1) is 23.8. The van der Waals surface area contributed by atoms with Crippen molar-refractivity contribution in [1.82, 2.24) is 5.32 Å². The van der Waals surface area contributed by atoms with E-state index >= 15 is 0 Å². The predicted molar refractivity (Wildman–Crippen MR) is 130 cm³/mol. The summed E-state index contributed by atoms with van der Waals surface area (Å²) in [5.41, 5.74) is 3.12. The summed E-state index contributed by atoms with van der Waals surface area (Å²) in [5, 5.41) is 3.34. The minimum Gasteiger partial charge on any atom is -0.348 e. The highest BCUT2D eigenvalue weighted by Crippen LogP contribution is 2.30. The fourth-order valence-corrected chi connectivity index (χ4v) is 5.10. The van der Waals surface area contributed by atoms with Gasteiger partial charge in [0.25, 0.3) is 10.0 Å². The summed E-state index contributed by atoms with van der Waals surface area (Å²) in [7, 11) is -3.98. The third-order valence-corrected chi connectivity index (χ3v) is 7.58. The van der Waals surface area contributed by atoms with Gasteiger partial charge < -0.3 is 5.32 Å². The van der Waals surface area contributed by atoms with Crippen LogP contribution < -0.4 is 9.62 Å². The molecular formula is C25H27ClN2O3S. The van der Waals surface area contributed by atoms with Crippen LogP contribution in [0.1, 0.15) is 36.6 Å². The maximum absolute atomic E-state index is 13.5. The molecule has 3 aromatic carbocycles. The van der Waals surface area contributed by atoms with E-state index in [9.17, 15) is 13.2 Å². The lowest BCUT2D eigenvalue weighted by Gasteiger charge is -2.26. The molecule has 3 aromatic rings. The minimum atomic E-state index is -3.98. The fourth-order valence-electron chi connectivity index (χ4n) is 3.43. The number of sulfonamides is 1. The van der Waals surface area contributed by atoms with Crippen LogP contribution in [-0.4, -0.2) is 20.9 Å². The molecule has 0 heterocycles. The first-order valence-corrected chi connectivity index (χ1v) is 12.3. The van der Waals surface area contributed by atoms with Gasteiger partial charge in [0, 0.05) is 5.02 Å². The standard InChI is InChI=1S/C25H27ClN2O3S/c1-4-20-13-15-21(16-14-20)19(3)27-25(29)17-28(24-12-8-11-23(26)18(24)2)32(30,31)22-9-6-5-7-10-22/h5-16,19H,4,17H2,1-3H3,(H,27,29)/t19-/m0/s1. The van der Waals surface area contributed by atoms with Crippen LogP contribution in [0, 0.1) is 6.92 Å². The summed E-state index contributed by atoms with van der Waals surface area (Å²) >= 11 is 6.26. The number of hydrogen-bond donors (Lipinski definition) is 1. The largest absolute Gasteiger partial charge is 0.348 e. The van der Waals surface area contributed by atoms with Crippen molar-refractivity contribution in [3.8, 4) is 0 Å². The lowest BCUT2D eigenvalue weighted by atomic mass is 10.1. The summed E-state index contributed by atoms with van der Waals surface area (Å²) in [5.74, 6) is -0.407. The van der Waals surface area contributed by atoms with Crippen LogP contribution in [0.2, 0.25) is 5.02 Å². The second kappa shape index (κ2) is 10.2. The van der Waals surface area contributed by atoms with Gasteiger partial charge in [-0.05, 0) is 61.2 Å². The van der Waals surface area contributed by atoms with Gasteiger partial charge in [-0.2, -0.15) is 0 Å². The highest BCUT2D eigenvalue weighted by Gasteiger charge is 2.29. The van der Waals surface area contributed by atoms with Crippen LogP contribution in [0.15, 0.2) is 77.7 Å². The number of nitrogens with zero attached hydrogens (tertiary/aromatic N) is 1. The van der Waals surface area contributed by atoms with Gasteiger partial charge in [-0.1, -0.05) is 67.1 Å². The zero-order valence-corrected chi connectivity index (χ0v) is 20.0. The van der Waals surface area contributed by atoms with Crippen molar-refractivity contribution in [3.63, 3.8) is 0 Å². The molecule has 0 unspecified atom stereocenters. The van der Waals surface area contributed by atoms with Crippen molar-refractivity contribution in [2.45, 2.75) is 38.1 Å². The quantitative estimate of drug-likeness (QED) is 0.486. The number of halogens is 1. The molecule has 0 spiro atoms. The van der Waals surface area contributed by atoms with E-state index in [0.717, 1.165) is 16.3 Å². The van der Waals surface area contributed by atoms with E-state index in [-0.39, 0.29) is 17.5 Å². The molecule has 168 valence electrons. The monoisotopic (exact) mass is 470 g/mol. The van der Waals surface area contributed by atoms with Crippen LogP contribution in [0.25, 0.3) is 0 Å². The van der Waals surface area contributed by atoms with Gasteiger partial charge in [0.15, 0.2) is 0 Å². The van der Waals surface area contributed by atoms with Gasteiger partial charge in [-0.3, -0.25) is 9.10 Å². The number of benzene rings is 3. The van der Waals surface area contributed by atoms with Gasteiger partial charge in [0.05, 0.1) is 16.6 Å². The van der Waals surface area contributed by atoms with Crippen LogP contribution >= 0.6 is 11.6 Å². The molecule has 0 saturated carbocycles. The Labute approximate surface area is 195 Å². The average Bonchev–Trinajstić information content (AvgIpc) is 2.80. The molecule has 0 aliphatic rings. The number of carbonyl (C=O) groups excluding carboxylic acids is 1. The Morgan fingerprint density at radius 2 is 1.66 bits per heavy atom. The molecule has 1 atom stereocenters. The summed E-state index contributed by atoms with van der Waals surface area (Å²) < 4.78 is 28.0. The summed E-state index contributed by atoms with van der Waals surface area (Å²) in [4.78, 5) is 13.1. The van der Waals surface area contributed by atoms with E-state index in [1.54, 1.807) is 43.3 Å². The lowest BCUT2D eigenvalue weighted by Crippen LogP contribution is -2.42. The third-order valence-electron chi connectivity index (χ3n) is 5.39. The van der Waals surface area contributed by atoms with Crippen molar-refractivity contribution in [2.75, 3.05) is 10.8 Å². The molecule has 32 heavy (non-hydrogen) atoms. The van der Waals surface area contributed by atoms with E-state index in [2.05, 4.69) is 12.2 Å². The Bertz CT molecular complexity index is 1180. The summed E-state index contributed by atoms with van der Waals surface area (Å²) in [6, 6.07) is 20.8. The van der Waals surface area contributed by atoms with Crippen LogP contribution in [0.4, 0.5) is 5.69 Å². The van der Waals surface area contributed by atoms with E-state index in [4.69, 9.17) is 11.6 Å². The van der Waals surface area contributed by atoms with Gasteiger partial charge in [0.1, 0.15) is 6.54 Å². The highest BCUT2D eigenvalue weighted by atomic mass is 35.5. The second-order valence-corrected chi connectivity index (χ2v) is 9.86. The van der Waals surface area contributed by atoms with Gasteiger partial charge in [0.2, 0.25) is 5.91 Å². The Morgan fingerprint density at radius 3 is 2.28 bits per heavy atom. The molecule has 1 amide bonds. The number of aryl methyl sites for hydroxylation is 1. The SMILES string of the molecule is CCc1ccc([C@H](C)NC(=O)CN(c2cccc(Cl)c2C)S(=O)(=O)c2ccccc2)cc1. The topological polar surface area (TPSA) is 66.5 Å². The molecule has 0 radical (unpaired) electrons. The summed E-state index contributed by atoms with van der Waals surface area (Å²) in [6.07, 6.45) is 0.937. The molecule has 3 rings (SSSR count). The predicted octanol–water partition coefficient (Wildman–Crippen LogP) is 5.28. The van der Waals surface area contributed by atoms with Crippen LogP contribution in [-0.2, 0) is 21.2 Å². The molecule has 7 heteroatoms. The Morgan fingerprint density at radius 1 is 1.00 bits per heavy atom. The Balaban J connectivity index is 1.90. The number of hydrogen-bond acceptors (Lipinski definition) is 3. The smallest absolute Gasteiger partial charge is 0.264 e. The molecule has 0 aliphatic heterocycles. The molecule has 0 bridgehead atoms. The second-order valence-electron chi connectivity index (χ2n) is 7.59. The average molecular weight is 471 g/mol. The molecule has 0 saturated heterocycles. The zero-order chi connectivity index (χ0) is 23.3. The van der Waals surface area contributed by atoms with E-state index < -0.39 is 15.9 Å². The maximum Gasteiger partial charge on any atom is 0.264 e. The van der Waals surface area contributed by atoms with Crippen molar-refractivity contribution < 1.29 is 13.2 Å². The lowest BCUT2D eigenvalue weighted by molar-refractivity contribution is -0.120. The zero-order valence-electron chi connectivity index (χ0n) is 18.4. The molecular weight excluding hydrogens is 444 g/mol. The van der Waals surface area contributed by atoms with Gasteiger partial charge in [-0.15, -0.1) is 0 Å². The molecule has 0 aromatic heterocycles. The molecule has 1 N–H and O–H groups in total. The van der Waals surface area contributed by atoms with E-state index in [0.29, 0.717) is 16.3 Å². The maximum atomic E-state index is 13.5. The van der Waals surface area contributed by atoms with Crippen LogP contribution in [0.5, 0.6) is 0 Å². The minimum absolute atomic E-state index is 0.107. The first-order chi connectivity index (χ1) is 15.2. The van der Waals surface area contributed by atoms with E-state index in [1.807, 2.05) is 31.2 Å². The Kier molecular flexibility index (Phi) is 7.59. The van der Waals surface area contributed by atoms with Crippen LogP contribution in [0.3, 0.4) is 0 Å². The number of rotatable bonds is 8. The van der Waals surface area contributed by atoms with Gasteiger partial charge in [-0.25, -0.2) is 8.42 Å². The number of amides is 1. The molecule has 0 aliphatic carbocycles. The van der Waals surface area contributed by atoms with Crippen molar-refractivity contribution >= 4 is 33.2 Å². The highest BCUT2D eigenvalue weighted by molar-refractivity contribution is 7.92. The molecule has 0 fully saturated rings. The Hall–Kier alpha value is -2.83. The first-order valence-electron chi connectivity index (χ1n) is 10.4. The number of carbonyl (C=O) groups is 1. The number of anilines is 1.